The topological polar surface area (TPSA) is 39.1 Å². The maximum Gasteiger partial charge on any atom is 0.129 e. The van der Waals surface area contributed by atoms with Crippen molar-refractivity contribution in [3.63, 3.8) is 0 Å². The fourth-order valence-corrected chi connectivity index (χ4v) is 2.90. The lowest BCUT2D eigenvalue weighted by molar-refractivity contribution is 0.154. The highest BCUT2D eigenvalue weighted by Crippen LogP contribution is 2.41. The van der Waals surface area contributed by atoms with Crippen LogP contribution in [0.2, 0.25) is 0 Å². The number of ether oxygens (including phenoxy) is 1. The fraction of sp³-hybridized carbons (Fsp3) is 0.357. The second kappa shape index (κ2) is 4.98. The molecule has 5 heteroatoms. The normalized spacial score (nSPS) is 21.8. The third kappa shape index (κ3) is 2.40. The molecule has 4 nitrogen and oxygen atoms in total. The zero-order valence-electron chi connectivity index (χ0n) is 10.9. The maximum absolute atomic E-state index is 6.10. The lowest BCUT2D eigenvalue weighted by atomic mass is 9.94. The number of fused-ring (bicyclic) bond motifs is 1. The molecule has 0 amide bonds. The van der Waals surface area contributed by atoms with Gasteiger partial charge in [-0.25, -0.2) is 0 Å². The number of hydrogen-bond donors (Lipinski definition) is 1. The predicted octanol–water partition coefficient (Wildman–Crippen LogP) is 2.97. The Kier molecular flexibility index (Phi) is 3.33. The molecule has 2 atom stereocenters. The molecule has 3 rings (SSSR count). The lowest BCUT2D eigenvalue weighted by Crippen LogP contribution is -2.26. The molecule has 1 aromatic carbocycles. The summed E-state index contributed by atoms with van der Waals surface area (Å²) in [4.78, 5) is 0. The second-order valence-corrected chi connectivity index (χ2v) is 5.73. The highest BCUT2D eigenvalue weighted by Gasteiger charge is 2.29. The SMILES string of the molecule is CNC1CC(c2cnn(C)c2)Oc2ccc(Br)cc21. The minimum absolute atomic E-state index is 0.0554. The Bertz CT molecular complexity index is 596. The van der Waals surface area contributed by atoms with Crippen molar-refractivity contribution in [1.82, 2.24) is 15.1 Å². The summed E-state index contributed by atoms with van der Waals surface area (Å²) in [5.41, 5.74) is 2.33. The van der Waals surface area contributed by atoms with E-state index in [1.807, 2.05) is 43.3 Å². The summed E-state index contributed by atoms with van der Waals surface area (Å²) in [5.74, 6) is 0.947. The van der Waals surface area contributed by atoms with Crippen LogP contribution >= 0.6 is 15.9 Å². The molecule has 1 aromatic heterocycles. The Hall–Kier alpha value is -1.33. The molecule has 1 aliphatic heterocycles. The van der Waals surface area contributed by atoms with Crippen molar-refractivity contribution < 1.29 is 4.74 Å². The van der Waals surface area contributed by atoms with E-state index in [9.17, 15) is 0 Å². The van der Waals surface area contributed by atoms with E-state index in [1.54, 1.807) is 0 Å². The molecule has 0 radical (unpaired) electrons. The number of benzene rings is 1. The van der Waals surface area contributed by atoms with Crippen molar-refractivity contribution in [3.8, 4) is 5.75 Å². The van der Waals surface area contributed by atoms with Gasteiger partial charge >= 0.3 is 0 Å². The standard InChI is InChI=1S/C14H16BrN3O/c1-16-12-6-14(9-7-17-18(2)8-9)19-13-4-3-10(15)5-11(12)13/h3-5,7-8,12,14,16H,6H2,1-2H3. The summed E-state index contributed by atoms with van der Waals surface area (Å²) in [6.45, 7) is 0. The molecule has 1 aliphatic rings. The van der Waals surface area contributed by atoms with E-state index in [-0.39, 0.29) is 6.10 Å². The maximum atomic E-state index is 6.10. The van der Waals surface area contributed by atoms with Crippen LogP contribution in [0.5, 0.6) is 5.75 Å². The minimum atomic E-state index is 0.0554. The Morgan fingerprint density at radius 2 is 2.32 bits per heavy atom. The van der Waals surface area contributed by atoms with Crippen molar-refractivity contribution in [2.45, 2.75) is 18.6 Å². The van der Waals surface area contributed by atoms with Gasteiger partial charge in [-0.2, -0.15) is 5.10 Å². The Morgan fingerprint density at radius 3 is 3.00 bits per heavy atom. The van der Waals surface area contributed by atoms with Gasteiger partial charge in [0.15, 0.2) is 0 Å². The van der Waals surface area contributed by atoms with Gasteiger partial charge in [0.2, 0.25) is 0 Å². The monoisotopic (exact) mass is 321 g/mol. The summed E-state index contributed by atoms with van der Waals surface area (Å²) in [5, 5.41) is 7.59. The first-order valence-electron chi connectivity index (χ1n) is 6.29. The first-order valence-corrected chi connectivity index (χ1v) is 7.08. The van der Waals surface area contributed by atoms with Crippen molar-refractivity contribution in [1.29, 1.82) is 0 Å². The van der Waals surface area contributed by atoms with Gasteiger partial charge in [-0.3, -0.25) is 4.68 Å². The molecule has 2 unspecified atom stereocenters. The third-order valence-electron chi connectivity index (χ3n) is 3.51. The summed E-state index contributed by atoms with van der Waals surface area (Å²) in [6.07, 6.45) is 4.86. The van der Waals surface area contributed by atoms with Crippen LogP contribution in [0.25, 0.3) is 0 Å². The van der Waals surface area contributed by atoms with Crippen molar-refractivity contribution in [3.05, 3.63) is 46.2 Å². The van der Waals surface area contributed by atoms with Gasteiger partial charge in [0.25, 0.3) is 0 Å². The van der Waals surface area contributed by atoms with E-state index in [1.165, 1.54) is 5.56 Å². The van der Waals surface area contributed by atoms with Gasteiger partial charge in [0.05, 0.1) is 6.20 Å². The molecule has 1 N–H and O–H groups in total. The minimum Gasteiger partial charge on any atom is -0.485 e. The zero-order valence-corrected chi connectivity index (χ0v) is 12.5. The number of aryl methyl sites for hydroxylation is 1. The zero-order chi connectivity index (χ0) is 13.4. The van der Waals surface area contributed by atoms with Crippen LogP contribution in [-0.2, 0) is 7.05 Å². The van der Waals surface area contributed by atoms with Gasteiger partial charge < -0.3 is 10.1 Å². The fourth-order valence-electron chi connectivity index (χ4n) is 2.53. The van der Waals surface area contributed by atoms with Crippen LogP contribution in [-0.4, -0.2) is 16.8 Å². The summed E-state index contributed by atoms with van der Waals surface area (Å²) >= 11 is 3.51. The van der Waals surface area contributed by atoms with E-state index in [0.29, 0.717) is 6.04 Å². The summed E-state index contributed by atoms with van der Waals surface area (Å²) in [6, 6.07) is 6.45. The Labute approximate surface area is 120 Å². The highest BCUT2D eigenvalue weighted by atomic mass is 79.9. The molecular weight excluding hydrogens is 306 g/mol. The Morgan fingerprint density at radius 1 is 1.47 bits per heavy atom. The first kappa shape index (κ1) is 12.7. The highest BCUT2D eigenvalue weighted by molar-refractivity contribution is 9.10. The first-order chi connectivity index (χ1) is 9.17. The largest absolute Gasteiger partial charge is 0.485 e. The van der Waals surface area contributed by atoms with Crippen LogP contribution in [0.1, 0.15) is 29.7 Å². The molecule has 19 heavy (non-hydrogen) atoms. The Balaban J connectivity index is 1.95. The molecule has 0 saturated carbocycles. The van der Waals surface area contributed by atoms with Gasteiger partial charge in [-0.1, -0.05) is 15.9 Å². The quantitative estimate of drug-likeness (QED) is 0.924. The van der Waals surface area contributed by atoms with Crippen molar-refractivity contribution in [2.75, 3.05) is 7.05 Å². The number of nitrogens with one attached hydrogen (secondary N) is 1. The van der Waals surface area contributed by atoms with Crippen molar-refractivity contribution >= 4 is 15.9 Å². The average molecular weight is 322 g/mol. The molecular formula is C14H16BrN3O. The van der Waals surface area contributed by atoms with Crippen LogP contribution < -0.4 is 10.1 Å². The molecule has 0 bridgehead atoms. The molecule has 2 heterocycles. The molecule has 0 fully saturated rings. The van der Waals surface area contributed by atoms with E-state index >= 15 is 0 Å². The van der Waals surface area contributed by atoms with Crippen LogP contribution in [0, 0.1) is 0 Å². The van der Waals surface area contributed by atoms with Crippen LogP contribution in [0.4, 0.5) is 0 Å². The molecule has 0 saturated heterocycles. The third-order valence-corrected chi connectivity index (χ3v) is 4.00. The number of rotatable bonds is 2. The van der Waals surface area contributed by atoms with Gasteiger partial charge in [-0.15, -0.1) is 0 Å². The van der Waals surface area contributed by atoms with E-state index < -0.39 is 0 Å². The summed E-state index contributed by atoms with van der Waals surface area (Å²) in [7, 11) is 3.91. The van der Waals surface area contributed by atoms with Gasteiger partial charge in [0.1, 0.15) is 11.9 Å². The number of halogens is 1. The molecule has 2 aromatic rings. The molecule has 0 spiro atoms. The van der Waals surface area contributed by atoms with Gasteiger partial charge in [-0.05, 0) is 25.2 Å². The number of nitrogens with zero attached hydrogens (tertiary/aromatic N) is 2. The van der Waals surface area contributed by atoms with Crippen LogP contribution in [0.3, 0.4) is 0 Å². The summed E-state index contributed by atoms with van der Waals surface area (Å²) < 4.78 is 8.99. The second-order valence-electron chi connectivity index (χ2n) is 4.81. The molecule has 100 valence electrons. The number of aromatic nitrogens is 2. The predicted molar refractivity (Wildman–Crippen MR) is 77.1 cm³/mol. The average Bonchev–Trinajstić information content (AvgIpc) is 2.84. The van der Waals surface area contributed by atoms with Crippen LogP contribution in [0.15, 0.2) is 35.1 Å². The molecule has 0 aliphatic carbocycles. The van der Waals surface area contributed by atoms with E-state index in [2.05, 4.69) is 32.4 Å². The number of hydrogen-bond acceptors (Lipinski definition) is 3. The van der Waals surface area contributed by atoms with Gasteiger partial charge in [0, 0.05) is 41.3 Å². The smallest absolute Gasteiger partial charge is 0.129 e. The lowest BCUT2D eigenvalue weighted by Gasteiger charge is -2.31. The van der Waals surface area contributed by atoms with E-state index in [4.69, 9.17) is 4.74 Å². The van der Waals surface area contributed by atoms with E-state index in [0.717, 1.165) is 22.2 Å². The van der Waals surface area contributed by atoms with Crippen molar-refractivity contribution in [2.24, 2.45) is 7.05 Å².